The minimum absolute atomic E-state index is 0.0175. The van der Waals surface area contributed by atoms with Crippen molar-refractivity contribution in [3.63, 3.8) is 0 Å². The van der Waals surface area contributed by atoms with Gasteiger partial charge in [0, 0.05) is 31.6 Å². The average Bonchev–Trinajstić information content (AvgIpc) is 2.74. The number of para-hydroxylation sites is 1. The maximum absolute atomic E-state index is 14.0. The number of fused-ring (bicyclic) bond motifs is 1. The predicted octanol–water partition coefficient (Wildman–Crippen LogP) is 4.64. The van der Waals surface area contributed by atoms with Crippen molar-refractivity contribution in [2.45, 2.75) is 37.8 Å². The fourth-order valence-electron chi connectivity index (χ4n) is 4.00. The number of amides is 1. The first-order valence-electron chi connectivity index (χ1n) is 10.4. The van der Waals surface area contributed by atoms with Crippen LogP contribution in [0.4, 0.5) is 16.2 Å². The molecule has 31 heavy (non-hydrogen) atoms. The van der Waals surface area contributed by atoms with Gasteiger partial charge in [-0.25, -0.2) is 9.37 Å². The van der Waals surface area contributed by atoms with Gasteiger partial charge < -0.3 is 15.5 Å². The molecule has 1 saturated carbocycles. The normalized spacial score (nSPS) is 18.6. The lowest BCUT2D eigenvalue weighted by Gasteiger charge is -2.30. The average molecular weight is 442 g/mol. The van der Waals surface area contributed by atoms with Gasteiger partial charge >= 0.3 is 0 Å². The van der Waals surface area contributed by atoms with E-state index in [1.54, 1.807) is 0 Å². The molecule has 6 nitrogen and oxygen atoms in total. The standard InChI is InChI=1S/C23H25ClFN5O/c1-30(2)21-16-6-3-4-9-19(16)28-23(29-21)27-15-12-10-14(11-13-15)26-22(31)20-17(24)7-5-8-18(20)25/h3-9,14-15H,10-13H2,1-2H3,(H,26,31)(H,27,28,29)/t14-,15+. The van der Waals surface area contributed by atoms with Gasteiger partial charge in [0.2, 0.25) is 5.95 Å². The number of hydrogen-bond acceptors (Lipinski definition) is 5. The van der Waals surface area contributed by atoms with Crippen LogP contribution in [0.5, 0.6) is 0 Å². The number of benzene rings is 2. The number of aromatic nitrogens is 2. The summed E-state index contributed by atoms with van der Waals surface area (Å²) in [6, 6.07) is 12.4. The Morgan fingerprint density at radius 2 is 1.74 bits per heavy atom. The first kappa shape index (κ1) is 21.3. The molecule has 1 aliphatic carbocycles. The highest BCUT2D eigenvalue weighted by atomic mass is 35.5. The zero-order chi connectivity index (χ0) is 22.0. The maximum atomic E-state index is 14.0. The van der Waals surface area contributed by atoms with Crippen LogP contribution >= 0.6 is 11.6 Å². The molecule has 2 aromatic carbocycles. The van der Waals surface area contributed by atoms with E-state index in [-0.39, 0.29) is 22.7 Å². The molecule has 1 fully saturated rings. The summed E-state index contributed by atoms with van der Waals surface area (Å²) in [6.45, 7) is 0. The number of carbonyl (C=O) groups is 1. The van der Waals surface area contributed by atoms with E-state index in [1.165, 1.54) is 18.2 Å². The van der Waals surface area contributed by atoms with Crippen LogP contribution < -0.4 is 15.5 Å². The molecule has 8 heteroatoms. The van der Waals surface area contributed by atoms with Crippen molar-refractivity contribution in [1.82, 2.24) is 15.3 Å². The first-order chi connectivity index (χ1) is 14.9. The zero-order valence-electron chi connectivity index (χ0n) is 17.5. The van der Waals surface area contributed by atoms with Crippen LogP contribution in [-0.4, -0.2) is 42.1 Å². The third kappa shape index (κ3) is 4.71. The molecule has 1 aliphatic rings. The van der Waals surface area contributed by atoms with E-state index in [9.17, 15) is 9.18 Å². The lowest BCUT2D eigenvalue weighted by Crippen LogP contribution is -2.40. The van der Waals surface area contributed by atoms with E-state index in [4.69, 9.17) is 16.6 Å². The summed E-state index contributed by atoms with van der Waals surface area (Å²) < 4.78 is 14.0. The summed E-state index contributed by atoms with van der Waals surface area (Å²) in [5.41, 5.74) is 0.802. The third-order valence-corrected chi connectivity index (χ3v) is 5.91. The molecule has 2 N–H and O–H groups in total. The molecule has 4 rings (SSSR count). The Bertz CT molecular complexity index is 1080. The number of halogens is 2. The van der Waals surface area contributed by atoms with Crippen LogP contribution in [0.2, 0.25) is 5.02 Å². The number of nitrogens with zero attached hydrogens (tertiary/aromatic N) is 3. The van der Waals surface area contributed by atoms with Crippen LogP contribution in [-0.2, 0) is 0 Å². The monoisotopic (exact) mass is 441 g/mol. The summed E-state index contributed by atoms with van der Waals surface area (Å²) >= 11 is 6.00. The second-order valence-corrected chi connectivity index (χ2v) is 8.45. The van der Waals surface area contributed by atoms with Crippen molar-refractivity contribution in [1.29, 1.82) is 0 Å². The van der Waals surface area contributed by atoms with Gasteiger partial charge in [-0.05, 0) is 49.9 Å². The molecule has 0 bridgehead atoms. The van der Waals surface area contributed by atoms with Crippen molar-refractivity contribution in [3.05, 3.63) is 58.9 Å². The molecule has 0 unspecified atom stereocenters. The van der Waals surface area contributed by atoms with Crippen molar-refractivity contribution >= 4 is 40.2 Å². The topological polar surface area (TPSA) is 70.2 Å². The van der Waals surface area contributed by atoms with E-state index in [1.807, 2.05) is 43.3 Å². The summed E-state index contributed by atoms with van der Waals surface area (Å²) in [5, 5.41) is 7.50. The Morgan fingerprint density at radius 3 is 2.45 bits per heavy atom. The fraction of sp³-hybridized carbons (Fsp3) is 0.348. The smallest absolute Gasteiger partial charge is 0.255 e. The molecule has 3 aromatic rings. The summed E-state index contributed by atoms with van der Waals surface area (Å²) in [6.07, 6.45) is 3.26. The molecule has 0 atom stereocenters. The lowest BCUT2D eigenvalue weighted by atomic mass is 9.91. The van der Waals surface area contributed by atoms with Gasteiger partial charge in [-0.2, -0.15) is 4.98 Å². The van der Waals surface area contributed by atoms with E-state index in [2.05, 4.69) is 15.6 Å². The highest BCUT2D eigenvalue weighted by Crippen LogP contribution is 2.27. The maximum Gasteiger partial charge on any atom is 0.255 e. The number of nitrogens with one attached hydrogen (secondary N) is 2. The van der Waals surface area contributed by atoms with Gasteiger partial charge in [-0.1, -0.05) is 29.8 Å². The second-order valence-electron chi connectivity index (χ2n) is 8.05. The minimum Gasteiger partial charge on any atom is -0.362 e. The SMILES string of the molecule is CN(C)c1nc(N[C@H]2CC[C@@H](NC(=O)c3c(F)cccc3Cl)CC2)nc2ccccc12. The fourth-order valence-corrected chi connectivity index (χ4v) is 4.25. The van der Waals surface area contributed by atoms with Gasteiger partial charge in [0.1, 0.15) is 11.6 Å². The Morgan fingerprint density at radius 1 is 1.03 bits per heavy atom. The van der Waals surface area contributed by atoms with Crippen molar-refractivity contribution < 1.29 is 9.18 Å². The van der Waals surface area contributed by atoms with Crippen molar-refractivity contribution in [2.75, 3.05) is 24.3 Å². The Hall–Kier alpha value is -2.93. The van der Waals surface area contributed by atoms with Crippen LogP contribution in [0.3, 0.4) is 0 Å². The molecule has 1 amide bonds. The van der Waals surface area contributed by atoms with Crippen molar-refractivity contribution in [2.24, 2.45) is 0 Å². The van der Waals surface area contributed by atoms with E-state index >= 15 is 0 Å². The molecule has 1 heterocycles. The van der Waals surface area contributed by atoms with Gasteiger partial charge in [0.15, 0.2) is 0 Å². The number of anilines is 2. The molecular weight excluding hydrogens is 417 g/mol. The Balaban J connectivity index is 1.39. The number of carbonyl (C=O) groups excluding carboxylic acids is 1. The molecule has 1 aromatic heterocycles. The van der Waals surface area contributed by atoms with Crippen LogP contribution in [0.1, 0.15) is 36.0 Å². The molecule has 0 aliphatic heterocycles. The molecule has 162 valence electrons. The predicted molar refractivity (Wildman–Crippen MR) is 122 cm³/mol. The van der Waals surface area contributed by atoms with E-state index in [0.717, 1.165) is 42.4 Å². The van der Waals surface area contributed by atoms with Crippen LogP contribution in [0.25, 0.3) is 10.9 Å². The largest absolute Gasteiger partial charge is 0.362 e. The van der Waals surface area contributed by atoms with Gasteiger partial charge in [0.05, 0.1) is 16.1 Å². The summed E-state index contributed by atoms with van der Waals surface area (Å²) in [5.74, 6) is 0.405. The molecule has 0 radical (unpaired) electrons. The van der Waals surface area contributed by atoms with E-state index in [0.29, 0.717) is 5.95 Å². The first-order valence-corrected chi connectivity index (χ1v) is 10.8. The summed E-state index contributed by atoms with van der Waals surface area (Å²) in [7, 11) is 3.93. The van der Waals surface area contributed by atoms with Gasteiger partial charge in [0.25, 0.3) is 5.91 Å². The van der Waals surface area contributed by atoms with Gasteiger partial charge in [-0.15, -0.1) is 0 Å². The zero-order valence-corrected chi connectivity index (χ0v) is 18.3. The Kier molecular flexibility index (Phi) is 6.23. The minimum atomic E-state index is -0.606. The summed E-state index contributed by atoms with van der Waals surface area (Å²) in [4.78, 5) is 23.8. The highest BCUT2D eigenvalue weighted by molar-refractivity contribution is 6.33. The number of rotatable bonds is 5. The quantitative estimate of drug-likeness (QED) is 0.603. The van der Waals surface area contributed by atoms with E-state index < -0.39 is 11.7 Å². The van der Waals surface area contributed by atoms with Gasteiger partial charge in [-0.3, -0.25) is 4.79 Å². The lowest BCUT2D eigenvalue weighted by molar-refractivity contribution is 0.0922. The third-order valence-electron chi connectivity index (χ3n) is 5.59. The highest BCUT2D eigenvalue weighted by Gasteiger charge is 2.25. The van der Waals surface area contributed by atoms with Crippen LogP contribution in [0.15, 0.2) is 42.5 Å². The molecule has 0 saturated heterocycles. The second kappa shape index (κ2) is 9.06. The number of hydrogen-bond donors (Lipinski definition) is 2. The van der Waals surface area contributed by atoms with Crippen LogP contribution in [0, 0.1) is 5.82 Å². The molecule has 0 spiro atoms. The van der Waals surface area contributed by atoms with Crippen molar-refractivity contribution in [3.8, 4) is 0 Å². The molecular formula is C23H25ClFN5O. The Labute approximate surface area is 185 Å².